The van der Waals surface area contributed by atoms with Crippen molar-refractivity contribution in [1.29, 1.82) is 0 Å². The van der Waals surface area contributed by atoms with E-state index in [2.05, 4.69) is 19.9 Å². The lowest BCUT2D eigenvalue weighted by molar-refractivity contribution is 0.150. The van der Waals surface area contributed by atoms with E-state index in [1.54, 1.807) is 0 Å². The van der Waals surface area contributed by atoms with Crippen molar-refractivity contribution in [3.63, 3.8) is 0 Å². The second-order valence-electron chi connectivity index (χ2n) is 3.62. The molecule has 0 aliphatic rings. The average molecular weight is 207 g/mol. The molecule has 3 nitrogen and oxygen atoms in total. The second kappa shape index (κ2) is 5.39. The molecular weight excluding hydrogens is 190 g/mol. The van der Waals surface area contributed by atoms with E-state index in [4.69, 9.17) is 10.5 Å². The van der Waals surface area contributed by atoms with Crippen LogP contribution in [0, 0.1) is 0 Å². The highest BCUT2D eigenvalue weighted by atomic mass is 16.5. The van der Waals surface area contributed by atoms with Gasteiger partial charge < -0.3 is 10.5 Å². The predicted octanol–water partition coefficient (Wildman–Crippen LogP) is 2.80. The number of carbonyl (C=O) groups is 1. The Kier molecular flexibility index (Phi) is 4.16. The summed E-state index contributed by atoms with van der Waals surface area (Å²) in [6, 6.07) is 7.96. The van der Waals surface area contributed by atoms with Crippen LogP contribution in [0.1, 0.15) is 37.3 Å². The number of hydrogen-bond donors (Lipinski definition) is 1. The summed E-state index contributed by atoms with van der Waals surface area (Å²) in [6.07, 6.45) is 0.335. The minimum absolute atomic E-state index is 0.260. The van der Waals surface area contributed by atoms with Crippen molar-refractivity contribution in [1.82, 2.24) is 0 Å². The van der Waals surface area contributed by atoms with Crippen LogP contribution in [0.4, 0.5) is 4.79 Å². The van der Waals surface area contributed by atoms with Gasteiger partial charge in [0.15, 0.2) is 0 Å². The van der Waals surface area contributed by atoms with E-state index in [0.717, 1.165) is 12.0 Å². The molecule has 0 aromatic heterocycles. The molecule has 1 aromatic carbocycles. The van der Waals surface area contributed by atoms with E-state index < -0.39 is 6.09 Å². The maximum Gasteiger partial charge on any atom is 0.404 e. The van der Waals surface area contributed by atoms with Crippen LogP contribution in [0.5, 0.6) is 0 Å². The minimum Gasteiger partial charge on any atom is -0.445 e. The number of primary amides is 1. The lowest BCUT2D eigenvalue weighted by Crippen LogP contribution is -2.13. The Morgan fingerprint density at radius 3 is 2.73 bits per heavy atom. The van der Waals surface area contributed by atoms with Gasteiger partial charge in [0.2, 0.25) is 0 Å². The number of rotatable bonds is 4. The first-order valence-electron chi connectivity index (χ1n) is 5.15. The van der Waals surface area contributed by atoms with Crippen LogP contribution in [-0.4, -0.2) is 6.09 Å². The van der Waals surface area contributed by atoms with Gasteiger partial charge in [0.25, 0.3) is 0 Å². The largest absolute Gasteiger partial charge is 0.445 e. The molecule has 2 N–H and O–H groups in total. The monoisotopic (exact) mass is 207 g/mol. The summed E-state index contributed by atoms with van der Waals surface area (Å²) in [6.45, 7) is 4.55. The third-order valence-corrected chi connectivity index (χ3v) is 2.57. The molecule has 1 aromatic rings. The number of carbonyl (C=O) groups excluding carboxylic acids is 1. The van der Waals surface area contributed by atoms with Crippen LogP contribution in [0.3, 0.4) is 0 Å². The smallest absolute Gasteiger partial charge is 0.404 e. The predicted molar refractivity (Wildman–Crippen MR) is 59.5 cm³/mol. The van der Waals surface area contributed by atoms with Gasteiger partial charge in [0.05, 0.1) is 0 Å². The van der Waals surface area contributed by atoms with Crippen LogP contribution in [0.15, 0.2) is 24.3 Å². The molecule has 0 fully saturated rings. The van der Waals surface area contributed by atoms with Crippen molar-refractivity contribution in [3.8, 4) is 0 Å². The first kappa shape index (κ1) is 11.6. The highest BCUT2D eigenvalue weighted by molar-refractivity contribution is 5.64. The van der Waals surface area contributed by atoms with Gasteiger partial charge in [0, 0.05) is 0 Å². The lowest BCUT2D eigenvalue weighted by atomic mass is 9.94. The van der Waals surface area contributed by atoms with Crippen molar-refractivity contribution in [2.45, 2.75) is 32.8 Å². The number of benzene rings is 1. The summed E-state index contributed by atoms with van der Waals surface area (Å²) in [5.41, 5.74) is 7.19. The first-order chi connectivity index (χ1) is 7.15. The maximum atomic E-state index is 10.5. The molecule has 0 spiro atoms. The zero-order valence-corrected chi connectivity index (χ0v) is 9.19. The molecule has 0 radical (unpaired) electrons. The molecule has 15 heavy (non-hydrogen) atoms. The normalized spacial score (nSPS) is 12.1. The molecule has 0 aliphatic carbocycles. The summed E-state index contributed by atoms with van der Waals surface area (Å²) in [7, 11) is 0. The van der Waals surface area contributed by atoms with Gasteiger partial charge in [-0.15, -0.1) is 0 Å². The van der Waals surface area contributed by atoms with Crippen LogP contribution >= 0.6 is 0 Å². The highest BCUT2D eigenvalue weighted by Gasteiger charge is 2.08. The molecule has 0 saturated carbocycles. The van der Waals surface area contributed by atoms with Crippen molar-refractivity contribution in [3.05, 3.63) is 35.4 Å². The van der Waals surface area contributed by atoms with Gasteiger partial charge >= 0.3 is 6.09 Å². The van der Waals surface area contributed by atoms with Gasteiger partial charge in [-0.3, -0.25) is 0 Å². The van der Waals surface area contributed by atoms with Gasteiger partial charge in [-0.2, -0.15) is 0 Å². The number of hydrogen-bond acceptors (Lipinski definition) is 2. The van der Waals surface area contributed by atoms with Crippen LogP contribution < -0.4 is 5.73 Å². The van der Waals surface area contributed by atoms with E-state index in [1.807, 2.05) is 18.2 Å². The summed E-state index contributed by atoms with van der Waals surface area (Å²) >= 11 is 0. The van der Waals surface area contributed by atoms with Crippen molar-refractivity contribution in [2.24, 2.45) is 5.73 Å². The van der Waals surface area contributed by atoms with Crippen LogP contribution in [-0.2, 0) is 11.3 Å². The fraction of sp³-hybridized carbons (Fsp3) is 0.417. The third-order valence-electron chi connectivity index (χ3n) is 2.57. The molecule has 0 heterocycles. The zero-order valence-electron chi connectivity index (χ0n) is 9.19. The Labute approximate surface area is 90.2 Å². The Bertz CT molecular complexity index is 336. The van der Waals surface area contributed by atoms with Crippen molar-refractivity contribution < 1.29 is 9.53 Å². The molecule has 1 atom stereocenters. The molecule has 1 amide bonds. The molecule has 3 heteroatoms. The van der Waals surface area contributed by atoms with E-state index in [-0.39, 0.29) is 6.61 Å². The van der Waals surface area contributed by atoms with E-state index in [0.29, 0.717) is 5.92 Å². The Morgan fingerprint density at radius 2 is 2.13 bits per heavy atom. The number of nitrogens with two attached hydrogens (primary N) is 1. The topological polar surface area (TPSA) is 52.3 Å². The van der Waals surface area contributed by atoms with Crippen molar-refractivity contribution in [2.75, 3.05) is 0 Å². The fourth-order valence-electron chi connectivity index (χ4n) is 1.52. The SMILES string of the molecule is CCC(C)c1ccccc1COC(N)=O. The molecule has 0 aliphatic heterocycles. The number of ether oxygens (including phenoxy) is 1. The highest BCUT2D eigenvalue weighted by Crippen LogP contribution is 2.22. The molecular formula is C12H17NO2. The maximum absolute atomic E-state index is 10.5. The lowest BCUT2D eigenvalue weighted by Gasteiger charge is -2.14. The average Bonchev–Trinajstić information content (AvgIpc) is 2.25. The van der Waals surface area contributed by atoms with E-state index in [9.17, 15) is 4.79 Å². The van der Waals surface area contributed by atoms with E-state index >= 15 is 0 Å². The Hall–Kier alpha value is -1.51. The molecule has 1 unspecified atom stereocenters. The molecule has 0 saturated heterocycles. The van der Waals surface area contributed by atoms with Crippen LogP contribution in [0.25, 0.3) is 0 Å². The second-order valence-corrected chi connectivity index (χ2v) is 3.62. The number of amides is 1. The van der Waals surface area contributed by atoms with Gasteiger partial charge in [-0.1, -0.05) is 38.1 Å². The van der Waals surface area contributed by atoms with Gasteiger partial charge in [0.1, 0.15) is 6.61 Å². The van der Waals surface area contributed by atoms with Crippen molar-refractivity contribution >= 4 is 6.09 Å². The quantitative estimate of drug-likeness (QED) is 0.825. The first-order valence-corrected chi connectivity index (χ1v) is 5.15. The summed E-state index contributed by atoms with van der Waals surface area (Å²) in [5.74, 6) is 0.470. The van der Waals surface area contributed by atoms with Crippen LogP contribution in [0.2, 0.25) is 0 Å². The summed E-state index contributed by atoms with van der Waals surface area (Å²) in [4.78, 5) is 10.5. The fourth-order valence-corrected chi connectivity index (χ4v) is 1.52. The zero-order chi connectivity index (χ0) is 11.3. The molecule has 82 valence electrons. The van der Waals surface area contributed by atoms with Gasteiger partial charge in [-0.05, 0) is 23.5 Å². The Morgan fingerprint density at radius 1 is 1.47 bits per heavy atom. The minimum atomic E-state index is -0.728. The molecule has 0 bridgehead atoms. The Balaban J connectivity index is 2.81. The standard InChI is InChI=1S/C12H17NO2/c1-3-9(2)11-7-5-4-6-10(11)8-15-12(13)14/h4-7,9H,3,8H2,1-2H3,(H2,13,14). The molecule has 1 rings (SSSR count). The summed E-state index contributed by atoms with van der Waals surface area (Å²) in [5, 5.41) is 0. The third kappa shape index (κ3) is 3.27. The summed E-state index contributed by atoms with van der Waals surface area (Å²) < 4.78 is 4.80. The van der Waals surface area contributed by atoms with E-state index in [1.165, 1.54) is 5.56 Å². The van der Waals surface area contributed by atoms with Gasteiger partial charge in [-0.25, -0.2) is 4.79 Å².